The van der Waals surface area contributed by atoms with Gasteiger partial charge in [-0.1, -0.05) is 13.0 Å². The molecule has 8 nitrogen and oxygen atoms in total. The van der Waals surface area contributed by atoms with Crippen LogP contribution in [0.3, 0.4) is 0 Å². The van der Waals surface area contributed by atoms with Gasteiger partial charge in [0.1, 0.15) is 0 Å². The quantitative estimate of drug-likeness (QED) is 0.771. The molecule has 1 heterocycles. The number of nitrogens with one attached hydrogen (secondary N) is 2. The van der Waals surface area contributed by atoms with Gasteiger partial charge in [-0.2, -0.15) is 0 Å². The second kappa shape index (κ2) is 5.83. The van der Waals surface area contributed by atoms with Crippen LogP contribution in [0.15, 0.2) is 28.9 Å². The van der Waals surface area contributed by atoms with Crippen LogP contribution in [0.5, 0.6) is 0 Å². The van der Waals surface area contributed by atoms with E-state index in [0.29, 0.717) is 17.8 Å². The first-order chi connectivity index (χ1) is 9.60. The van der Waals surface area contributed by atoms with Crippen molar-refractivity contribution < 1.29 is 14.2 Å². The standard InChI is InChI=1S/C12H13N5O3/c1-2-9(18)14-7-4-3-5-8(6-7)15-12(19)10-11(13)17-20-16-10/h3-6H,2H2,1H3,(H2,13,17)(H,14,18)(H,15,19). The number of carbonyl (C=O) groups excluding carboxylic acids is 2. The van der Waals surface area contributed by atoms with Gasteiger partial charge in [0.2, 0.25) is 17.4 Å². The van der Waals surface area contributed by atoms with Crippen LogP contribution in [-0.4, -0.2) is 22.1 Å². The number of hydrogen-bond donors (Lipinski definition) is 3. The summed E-state index contributed by atoms with van der Waals surface area (Å²) in [6.07, 6.45) is 0.373. The molecule has 0 aliphatic heterocycles. The Balaban J connectivity index is 2.10. The number of hydrogen-bond acceptors (Lipinski definition) is 6. The lowest BCUT2D eigenvalue weighted by Crippen LogP contribution is -2.15. The van der Waals surface area contributed by atoms with Crippen LogP contribution in [-0.2, 0) is 4.79 Å². The number of amides is 2. The molecule has 1 aromatic heterocycles. The van der Waals surface area contributed by atoms with Crippen LogP contribution < -0.4 is 16.4 Å². The van der Waals surface area contributed by atoms with E-state index in [1.807, 2.05) is 0 Å². The fourth-order valence-electron chi connectivity index (χ4n) is 1.47. The second-order valence-corrected chi connectivity index (χ2v) is 3.93. The number of anilines is 3. The van der Waals surface area contributed by atoms with Crippen molar-refractivity contribution in [1.29, 1.82) is 0 Å². The molecular weight excluding hydrogens is 262 g/mol. The van der Waals surface area contributed by atoms with Crippen molar-refractivity contribution in [3.8, 4) is 0 Å². The van der Waals surface area contributed by atoms with Gasteiger partial charge in [0.05, 0.1) is 0 Å². The first kappa shape index (κ1) is 13.5. The predicted molar refractivity (Wildman–Crippen MR) is 72.0 cm³/mol. The lowest BCUT2D eigenvalue weighted by molar-refractivity contribution is -0.115. The summed E-state index contributed by atoms with van der Waals surface area (Å²) in [4.78, 5) is 23.1. The highest BCUT2D eigenvalue weighted by atomic mass is 16.6. The van der Waals surface area contributed by atoms with E-state index in [-0.39, 0.29) is 17.4 Å². The Bertz CT molecular complexity index is 638. The molecule has 2 amide bonds. The summed E-state index contributed by atoms with van der Waals surface area (Å²) in [5.74, 6) is -0.737. The average Bonchev–Trinajstić information content (AvgIpc) is 2.85. The molecule has 0 radical (unpaired) electrons. The Morgan fingerprint density at radius 2 is 1.95 bits per heavy atom. The van der Waals surface area contributed by atoms with Gasteiger partial charge < -0.3 is 16.4 Å². The topological polar surface area (TPSA) is 123 Å². The van der Waals surface area contributed by atoms with Crippen molar-refractivity contribution in [3.63, 3.8) is 0 Å². The van der Waals surface area contributed by atoms with E-state index in [1.54, 1.807) is 31.2 Å². The van der Waals surface area contributed by atoms with Crippen LogP contribution in [0.4, 0.5) is 17.2 Å². The van der Waals surface area contributed by atoms with E-state index in [1.165, 1.54) is 0 Å². The molecule has 0 atom stereocenters. The molecule has 0 fully saturated rings. The van der Waals surface area contributed by atoms with E-state index in [2.05, 4.69) is 25.6 Å². The van der Waals surface area contributed by atoms with E-state index < -0.39 is 5.91 Å². The van der Waals surface area contributed by atoms with Crippen LogP contribution in [0.2, 0.25) is 0 Å². The number of benzene rings is 1. The maximum Gasteiger partial charge on any atom is 0.281 e. The number of nitrogens with two attached hydrogens (primary N) is 1. The minimum absolute atomic E-state index is 0.0852. The molecule has 1 aromatic carbocycles. The summed E-state index contributed by atoms with van der Waals surface area (Å²) in [5.41, 5.74) is 6.41. The number of rotatable bonds is 4. The highest BCUT2D eigenvalue weighted by Crippen LogP contribution is 2.16. The molecule has 0 aliphatic carbocycles. The van der Waals surface area contributed by atoms with Crippen LogP contribution in [0.25, 0.3) is 0 Å². The van der Waals surface area contributed by atoms with Crippen molar-refractivity contribution in [2.75, 3.05) is 16.4 Å². The molecule has 4 N–H and O–H groups in total. The van der Waals surface area contributed by atoms with Gasteiger partial charge in [-0.25, -0.2) is 4.63 Å². The molecule has 104 valence electrons. The van der Waals surface area contributed by atoms with Crippen molar-refractivity contribution in [2.24, 2.45) is 0 Å². The van der Waals surface area contributed by atoms with Crippen LogP contribution >= 0.6 is 0 Å². The molecule has 0 bridgehead atoms. The molecule has 8 heteroatoms. The van der Waals surface area contributed by atoms with Gasteiger partial charge in [0.15, 0.2) is 0 Å². The number of carbonyl (C=O) groups is 2. The maximum absolute atomic E-state index is 11.8. The Labute approximate surface area is 114 Å². The van der Waals surface area contributed by atoms with Crippen LogP contribution in [0.1, 0.15) is 23.8 Å². The summed E-state index contributed by atoms with van der Waals surface area (Å²) >= 11 is 0. The van der Waals surface area contributed by atoms with Crippen molar-refractivity contribution in [3.05, 3.63) is 30.0 Å². The zero-order valence-electron chi connectivity index (χ0n) is 10.7. The smallest absolute Gasteiger partial charge is 0.281 e. The summed E-state index contributed by atoms with van der Waals surface area (Å²) < 4.78 is 4.35. The third-order valence-corrected chi connectivity index (χ3v) is 2.45. The second-order valence-electron chi connectivity index (χ2n) is 3.93. The molecule has 2 aromatic rings. The molecular formula is C12H13N5O3. The minimum Gasteiger partial charge on any atom is -0.379 e. The fourth-order valence-corrected chi connectivity index (χ4v) is 1.47. The highest BCUT2D eigenvalue weighted by Gasteiger charge is 2.16. The van der Waals surface area contributed by atoms with Gasteiger partial charge in [0, 0.05) is 17.8 Å². The monoisotopic (exact) mass is 275 g/mol. The fraction of sp³-hybridized carbons (Fsp3) is 0.167. The average molecular weight is 275 g/mol. The number of aromatic nitrogens is 2. The molecule has 0 saturated heterocycles. The van der Waals surface area contributed by atoms with E-state index in [0.717, 1.165) is 0 Å². The Hall–Kier alpha value is -2.90. The summed E-state index contributed by atoms with van der Waals surface area (Å²) in [6, 6.07) is 6.71. The lowest BCUT2D eigenvalue weighted by Gasteiger charge is -2.07. The first-order valence-electron chi connectivity index (χ1n) is 5.89. The van der Waals surface area contributed by atoms with Gasteiger partial charge in [-0.05, 0) is 28.5 Å². The zero-order valence-corrected chi connectivity index (χ0v) is 10.7. The number of nitrogen functional groups attached to an aromatic ring is 1. The molecule has 0 saturated carbocycles. The summed E-state index contributed by atoms with van der Waals surface area (Å²) in [5, 5.41) is 12.0. The largest absolute Gasteiger partial charge is 0.379 e. The molecule has 2 rings (SSSR count). The first-order valence-corrected chi connectivity index (χ1v) is 5.89. The zero-order chi connectivity index (χ0) is 14.5. The molecule has 20 heavy (non-hydrogen) atoms. The van der Waals surface area contributed by atoms with Crippen molar-refractivity contribution >= 4 is 29.0 Å². The summed E-state index contributed by atoms with van der Waals surface area (Å²) in [7, 11) is 0. The Morgan fingerprint density at radius 1 is 1.25 bits per heavy atom. The molecule has 0 spiro atoms. The predicted octanol–water partition coefficient (Wildman–Crippen LogP) is 1.25. The van der Waals surface area contributed by atoms with Gasteiger partial charge in [0.25, 0.3) is 5.91 Å². The van der Waals surface area contributed by atoms with Gasteiger partial charge in [-0.15, -0.1) is 0 Å². The maximum atomic E-state index is 11.8. The lowest BCUT2D eigenvalue weighted by atomic mass is 10.2. The van der Waals surface area contributed by atoms with Gasteiger partial charge in [-0.3, -0.25) is 9.59 Å². The third-order valence-electron chi connectivity index (χ3n) is 2.45. The van der Waals surface area contributed by atoms with E-state index >= 15 is 0 Å². The Morgan fingerprint density at radius 3 is 2.55 bits per heavy atom. The summed E-state index contributed by atoms with van der Waals surface area (Å²) in [6.45, 7) is 1.75. The van der Waals surface area contributed by atoms with E-state index in [9.17, 15) is 9.59 Å². The van der Waals surface area contributed by atoms with Crippen molar-refractivity contribution in [1.82, 2.24) is 10.3 Å². The number of nitrogens with zero attached hydrogens (tertiary/aromatic N) is 2. The van der Waals surface area contributed by atoms with Gasteiger partial charge >= 0.3 is 0 Å². The third kappa shape index (κ3) is 3.10. The highest BCUT2D eigenvalue weighted by molar-refractivity contribution is 6.05. The van der Waals surface area contributed by atoms with Crippen molar-refractivity contribution in [2.45, 2.75) is 13.3 Å². The van der Waals surface area contributed by atoms with E-state index in [4.69, 9.17) is 5.73 Å². The normalized spacial score (nSPS) is 10.1. The Kier molecular flexibility index (Phi) is 3.94. The van der Waals surface area contributed by atoms with Crippen LogP contribution in [0, 0.1) is 0 Å². The SMILES string of the molecule is CCC(=O)Nc1cccc(NC(=O)c2nonc2N)c1. The minimum atomic E-state index is -0.539. The molecule has 0 unspecified atom stereocenters. The molecule has 0 aliphatic rings.